The highest BCUT2D eigenvalue weighted by Gasteiger charge is 2.23. The van der Waals surface area contributed by atoms with Crippen LogP contribution in [0.2, 0.25) is 0 Å². The second-order valence-corrected chi connectivity index (χ2v) is 9.45. The van der Waals surface area contributed by atoms with Gasteiger partial charge in [0.1, 0.15) is 18.1 Å². The molecule has 0 aliphatic carbocycles. The molecule has 3 aromatic carbocycles. The molecule has 1 saturated heterocycles. The third-order valence-electron chi connectivity index (χ3n) is 6.19. The van der Waals surface area contributed by atoms with E-state index in [4.69, 9.17) is 9.47 Å². The number of nitrogens with zero attached hydrogens (tertiary/aromatic N) is 2. The summed E-state index contributed by atoms with van der Waals surface area (Å²) in [4.78, 5) is 18.2. The zero-order chi connectivity index (χ0) is 23.3. The first-order chi connectivity index (χ1) is 16.7. The molecule has 0 unspecified atom stereocenters. The Morgan fingerprint density at radius 2 is 1.68 bits per heavy atom. The first-order valence-electron chi connectivity index (χ1n) is 11.5. The summed E-state index contributed by atoms with van der Waals surface area (Å²) in [5.74, 6) is 1.83. The van der Waals surface area contributed by atoms with Gasteiger partial charge in [0, 0.05) is 38.3 Å². The van der Waals surface area contributed by atoms with E-state index in [1.807, 2.05) is 46.7 Å². The Balaban J connectivity index is 1.13. The van der Waals surface area contributed by atoms with Crippen LogP contribution in [0.5, 0.6) is 11.5 Å². The highest BCUT2D eigenvalue weighted by Crippen LogP contribution is 2.24. The smallest absolute Gasteiger partial charge is 0.264 e. The maximum Gasteiger partial charge on any atom is 0.264 e. The lowest BCUT2D eigenvalue weighted by molar-refractivity contribution is 0.0633. The van der Waals surface area contributed by atoms with Crippen molar-refractivity contribution >= 4 is 28.0 Å². The van der Waals surface area contributed by atoms with Crippen molar-refractivity contribution in [2.75, 3.05) is 33.3 Å². The molecule has 6 heteroatoms. The summed E-state index contributed by atoms with van der Waals surface area (Å²) in [6.45, 7) is 4.54. The Bertz CT molecular complexity index is 1280. The van der Waals surface area contributed by atoms with Crippen molar-refractivity contribution in [2.24, 2.45) is 0 Å². The molecule has 4 aromatic rings. The van der Waals surface area contributed by atoms with Crippen LogP contribution in [-0.2, 0) is 13.2 Å². The van der Waals surface area contributed by atoms with Crippen LogP contribution >= 0.6 is 11.3 Å². The van der Waals surface area contributed by atoms with Crippen LogP contribution in [0, 0.1) is 0 Å². The minimum atomic E-state index is 0.114. The van der Waals surface area contributed by atoms with E-state index in [0.29, 0.717) is 6.61 Å². The number of ether oxygens (including phenoxy) is 2. The molecule has 1 aliphatic rings. The van der Waals surface area contributed by atoms with E-state index in [1.165, 1.54) is 22.3 Å². The van der Waals surface area contributed by atoms with Gasteiger partial charge in [0.25, 0.3) is 5.91 Å². The first-order valence-corrected chi connectivity index (χ1v) is 12.4. The van der Waals surface area contributed by atoms with Crippen molar-refractivity contribution in [3.8, 4) is 11.5 Å². The Morgan fingerprint density at radius 3 is 2.50 bits per heavy atom. The maximum absolute atomic E-state index is 13.0. The fourth-order valence-electron chi connectivity index (χ4n) is 4.28. The number of carbonyl (C=O) groups excluding carboxylic acids is 1. The summed E-state index contributed by atoms with van der Waals surface area (Å²) < 4.78 is 11.3. The number of amides is 1. The number of methoxy groups -OCH3 is 1. The second kappa shape index (κ2) is 10.3. The SMILES string of the molecule is COc1cccc(CN2CCN(C(=O)c3cc(COc4ccc5ccccc5c4)cs3)CC2)c1. The first kappa shape index (κ1) is 22.4. The van der Waals surface area contributed by atoms with Crippen LogP contribution < -0.4 is 9.47 Å². The van der Waals surface area contributed by atoms with Crippen LogP contribution in [0.3, 0.4) is 0 Å². The number of benzene rings is 3. The summed E-state index contributed by atoms with van der Waals surface area (Å²) in [6.07, 6.45) is 0. The van der Waals surface area contributed by atoms with Gasteiger partial charge in [-0.05, 0) is 52.0 Å². The number of fused-ring (bicyclic) bond motifs is 1. The van der Waals surface area contributed by atoms with Gasteiger partial charge in [-0.15, -0.1) is 11.3 Å². The van der Waals surface area contributed by atoms with Crippen LogP contribution in [-0.4, -0.2) is 49.0 Å². The Morgan fingerprint density at radius 1 is 0.853 bits per heavy atom. The Hall–Kier alpha value is -3.35. The van der Waals surface area contributed by atoms with Crippen LogP contribution in [0.15, 0.2) is 78.2 Å². The second-order valence-electron chi connectivity index (χ2n) is 8.54. The van der Waals surface area contributed by atoms with Gasteiger partial charge < -0.3 is 14.4 Å². The minimum absolute atomic E-state index is 0.114. The molecule has 0 saturated carbocycles. The van der Waals surface area contributed by atoms with Gasteiger partial charge in [0.05, 0.1) is 12.0 Å². The van der Waals surface area contributed by atoms with Crippen molar-refractivity contribution in [2.45, 2.75) is 13.2 Å². The third kappa shape index (κ3) is 5.24. The predicted molar refractivity (Wildman–Crippen MR) is 137 cm³/mol. The number of hydrogen-bond donors (Lipinski definition) is 0. The van der Waals surface area contributed by atoms with Crippen LogP contribution in [0.4, 0.5) is 0 Å². The fourth-order valence-corrected chi connectivity index (χ4v) is 5.14. The molecule has 0 atom stereocenters. The molecule has 0 N–H and O–H groups in total. The maximum atomic E-state index is 13.0. The summed E-state index contributed by atoms with van der Waals surface area (Å²) >= 11 is 1.50. The molecule has 5 nitrogen and oxygen atoms in total. The lowest BCUT2D eigenvalue weighted by atomic mass is 10.1. The highest BCUT2D eigenvalue weighted by atomic mass is 32.1. The predicted octanol–water partition coefficient (Wildman–Crippen LogP) is 5.45. The van der Waals surface area contributed by atoms with E-state index in [2.05, 4.69) is 41.3 Å². The fraction of sp³-hybridized carbons (Fsp3) is 0.250. The van der Waals surface area contributed by atoms with Gasteiger partial charge in [0.2, 0.25) is 0 Å². The molecular formula is C28H28N2O3S. The Kier molecular flexibility index (Phi) is 6.79. The van der Waals surface area contributed by atoms with Crippen LogP contribution in [0.1, 0.15) is 20.8 Å². The molecule has 1 amide bonds. The highest BCUT2D eigenvalue weighted by molar-refractivity contribution is 7.12. The van der Waals surface area contributed by atoms with Crippen molar-refractivity contribution in [3.05, 3.63) is 94.2 Å². The molecule has 0 spiro atoms. The van der Waals surface area contributed by atoms with Gasteiger partial charge in [-0.1, -0.05) is 42.5 Å². The molecule has 174 valence electrons. The molecule has 5 rings (SSSR count). The average Bonchev–Trinajstić information content (AvgIpc) is 3.36. The normalized spacial score (nSPS) is 14.3. The lowest BCUT2D eigenvalue weighted by Gasteiger charge is -2.34. The van der Waals surface area contributed by atoms with Gasteiger partial charge in [-0.2, -0.15) is 0 Å². The van der Waals surface area contributed by atoms with Crippen molar-refractivity contribution in [1.29, 1.82) is 0 Å². The third-order valence-corrected chi connectivity index (χ3v) is 7.16. The van der Waals surface area contributed by atoms with E-state index in [9.17, 15) is 4.79 Å². The van der Waals surface area contributed by atoms with E-state index in [1.54, 1.807) is 7.11 Å². The van der Waals surface area contributed by atoms with Gasteiger partial charge in [-0.25, -0.2) is 0 Å². The molecule has 1 aromatic heterocycles. The number of piperazine rings is 1. The number of carbonyl (C=O) groups is 1. The van der Waals surface area contributed by atoms with E-state index in [0.717, 1.165) is 60.0 Å². The standard InChI is InChI=1S/C28H28N2O3S/c1-32-25-8-4-5-21(15-25)18-29-11-13-30(14-12-29)28(31)27-16-22(20-34-27)19-33-26-10-9-23-6-2-3-7-24(23)17-26/h2-10,15-17,20H,11-14,18-19H2,1H3. The van der Waals surface area contributed by atoms with Gasteiger partial charge in [0.15, 0.2) is 0 Å². The van der Waals surface area contributed by atoms with Crippen LogP contribution in [0.25, 0.3) is 10.8 Å². The van der Waals surface area contributed by atoms with Crippen molar-refractivity contribution in [1.82, 2.24) is 9.80 Å². The zero-order valence-electron chi connectivity index (χ0n) is 19.3. The molecular weight excluding hydrogens is 444 g/mol. The molecule has 1 aliphatic heterocycles. The van der Waals surface area contributed by atoms with E-state index < -0.39 is 0 Å². The summed E-state index contributed by atoms with van der Waals surface area (Å²) in [7, 11) is 1.69. The van der Waals surface area contributed by atoms with E-state index >= 15 is 0 Å². The molecule has 2 heterocycles. The van der Waals surface area contributed by atoms with Crippen molar-refractivity contribution < 1.29 is 14.3 Å². The number of rotatable bonds is 7. The van der Waals surface area contributed by atoms with Gasteiger partial charge >= 0.3 is 0 Å². The zero-order valence-corrected chi connectivity index (χ0v) is 20.1. The topological polar surface area (TPSA) is 42.0 Å². The molecule has 34 heavy (non-hydrogen) atoms. The minimum Gasteiger partial charge on any atom is -0.497 e. The lowest BCUT2D eigenvalue weighted by Crippen LogP contribution is -2.48. The number of hydrogen-bond acceptors (Lipinski definition) is 5. The van der Waals surface area contributed by atoms with E-state index in [-0.39, 0.29) is 5.91 Å². The number of thiophene rings is 1. The monoisotopic (exact) mass is 472 g/mol. The molecule has 1 fully saturated rings. The van der Waals surface area contributed by atoms with Gasteiger partial charge in [-0.3, -0.25) is 9.69 Å². The molecule has 0 bridgehead atoms. The summed E-state index contributed by atoms with van der Waals surface area (Å²) in [6, 6.07) is 24.5. The summed E-state index contributed by atoms with van der Waals surface area (Å²) in [5, 5.41) is 4.38. The average molecular weight is 473 g/mol. The largest absolute Gasteiger partial charge is 0.497 e. The summed E-state index contributed by atoms with van der Waals surface area (Å²) in [5.41, 5.74) is 2.26. The Labute approximate surface area is 204 Å². The quantitative estimate of drug-likeness (QED) is 0.359. The molecule has 0 radical (unpaired) electrons. The van der Waals surface area contributed by atoms with Crippen molar-refractivity contribution in [3.63, 3.8) is 0 Å².